The fourth-order valence-electron chi connectivity index (χ4n) is 2.67. The number of anilines is 2. The minimum atomic E-state index is -0.490. The van der Waals surface area contributed by atoms with E-state index in [9.17, 15) is 9.59 Å². The highest BCUT2D eigenvalue weighted by Crippen LogP contribution is 2.28. The Kier molecular flexibility index (Phi) is 6.16. The number of thiocarbonyl (C=S) groups is 1. The van der Waals surface area contributed by atoms with E-state index in [4.69, 9.17) is 12.2 Å². The summed E-state index contributed by atoms with van der Waals surface area (Å²) < 4.78 is 2.01. The number of halogens is 2. The zero-order valence-electron chi connectivity index (χ0n) is 14.5. The largest absolute Gasteiger partial charge is 0.386 e. The quantitative estimate of drug-likeness (QED) is 0.241. The van der Waals surface area contributed by atoms with Crippen LogP contribution in [0.1, 0.15) is 11.1 Å². The Morgan fingerprint density at radius 1 is 1.11 bits per heavy atom. The van der Waals surface area contributed by atoms with Crippen molar-refractivity contribution in [1.82, 2.24) is 5.32 Å². The molecule has 2 amide bonds. The van der Waals surface area contributed by atoms with Gasteiger partial charge in [-0.1, -0.05) is 17.7 Å². The predicted octanol–water partition coefficient (Wildman–Crippen LogP) is 4.08. The van der Waals surface area contributed by atoms with E-state index in [-0.39, 0.29) is 10.7 Å². The maximum absolute atomic E-state index is 13.0. The fourth-order valence-corrected chi connectivity index (χ4v) is 5.30. The molecule has 2 aromatic rings. The van der Waals surface area contributed by atoms with Gasteiger partial charge in [-0.25, -0.2) is 0 Å². The highest BCUT2D eigenvalue weighted by atomic mass is 127. The van der Waals surface area contributed by atoms with E-state index in [0.29, 0.717) is 5.69 Å². The Balaban J connectivity index is 2.03. The minimum Gasteiger partial charge on any atom is -0.386 e. The molecule has 1 fully saturated rings. The van der Waals surface area contributed by atoms with Gasteiger partial charge in [-0.15, -0.1) is 0 Å². The number of nitrogens with zero attached hydrogens (tertiary/aromatic N) is 1. The first-order valence-corrected chi connectivity index (χ1v) is 10.5. The van der Waals surface area contributed by atoms with Crippen LogP contribution in [0.2, 0.25) is 0 Å². The summed E-state index contributed by atoms with van der Waals surface area (Å²) in [5.41, 5.74) is 3.53. The molecule has 0 radical (unpaired) electrons. The van der Waals surface area contributed by atoms with Crippen molar-refractivity contribution in [3.8, 4) is 0 Å². The Morgan fingerprint density at radius 3 is 2.26 bits per heavy atom. The first-order valence-electron chi connectivity index (χ1n) is 7.96. The van der Waals surface area contributed by atoms with Crippen LogP contribution < -0.4 is 15.5 Å². The van der Waals surface area contributed by atoms with Gasteiger partial charge in [0.1, 0.15) is 5.57 Å². The summed E-state index contributed by atoms with van der Waals surface area (Å²) in [5, 5.41) is 5.84. The van der Waals surface area contributed by atoms with Crippen LogP contribution in [-0.2, 0) is 9.59 Å². The molecule has 1 aliphatic rings. The summed E-state index contributed by atoms with van der Waals surface area (Å²) in [6, 6.07) is 11.2. The highest BCUT2D eigenvalue weighted by Gasteiger charge is 2.34. The van der Waals surface area contributed by atoms with Crippen LogP contribution in [0.3, 0.4) is 0 Å². The second-order valence-corrected chi connectivity index (χ2v) is 8.61. The SMILES string of the molecule is CNc1c(I)cc(/C=C2\C(=O)NC(=S)N(c3ccc(C)cc3)C2=O)cc1I. The molecule has 2 aromatic carbocycles. The lowest BCUT2D eigenvalue weighted by Gasteiger charge is -2.29. The normalized spacial score (nSPS) is 15.9. The molecule has 5 nitrogen and oxygen atoms in total. The Labute approximate surface area is 189 Å². The number of carbonyl (C=O) groups excluding carboxylic acids is 2. The third kappa shape index (κ3) is 4.16. The molecule has 0 spiro atoms. The van der Waals surface area contributed by atoms with E-state index in [0.717, 1.165) is 24.0 Å². The van der Waals surface area contributed by atoms with Gasteiger partial charge in [0, 0.05) is 14.2 Å². The van der Waals surface area contributed by atoms with E-state index in [1.165, 1.54) is 4.90 Å². The van der Waals surface area contributed by atoms with Crippen molar-refractivity contribution in [2.45, 2.75) is 6.92 Å². The van der Waals surface area contributed by atoms with Crippen molar-refractivity contribution in [2.75, 3.05) is 17.3 Å². The molecule has 138 valence electrons. The topological polar surface area (TPSA) is 61.4 Å². The molecule has 0 aromatic heterocycles. The van der Waals surface area contributed by atoms with E-state index >= 15 is 0 Å². The number of benzene rings is 2. The maximum atomic E-state index is 13.0. The molecule has 0 atom stereocenters. The van der Waals surface area contributed by atoms with Crippen LogP contribution in [0, 0.1) is 14.1 Å². The van der Waals surface area contributed by atoms with Gasteiger partial charge in [0.2, 0.25) is 0 Å². The second-order valence-electron chi connectivity index (χ2n) is 5.90. The third-order valence-corrected chi connectivity index (χ3v) is 6.01. The molecule has 1 heterocycles. The molecule has 0 unspecified atom stereocenters. The highest BCUT2D eigenvalue weighted by molar-refractivity contribution is 14.1. The molecular formula is C19H15I2N3O2S. The Hall–Kier alpha value is -1.53. The monoisotopic (exact) mass is 603 g/mol. The zero-order chi connectivity index (χ0) is 19.7. The molecule has 1 saturated heterocycles. The van der Waals surface area contributed by atoms with E-state index < -0.39 is 11.8 Å². The molecule has 0 saturated carbocycles. The van der Waals surface area contributed by atoms with E-state index in [1.54, 1.807) is 6.08 Å². The van der Waals surface area contributed by atoms with Crippen LogP contribution in [0.15, 0.2) is 42.0 Å². The molecule has 8 heteroatoms. The number of amides is 2. The average Bonchev–Trinajstić information content (AvgIpc) is 2.60. The number of aryl methyl sites for hydroxylation is 1. The number of hydrogen-bond donors (Lipinski definition) is 2. The van der Waals surface area contributed by atoms with E-state index in [2.05, 4.69) is 55.8 Å². The van der Waals surface area contributed by atoms with Gasteiger partial charge in [-0.05, 0) is 100 Å². The van der Waals surface area contributed by atoms with Crippen LogP contribution >= 0.6 is 57.4 Å². The van der Waals surface area contributed by atoms with Crippen molar-refractivity contribution in [2.24, 2.45) is 0 Å². The Morgan fingerprint density at radius 2 is 1.70 bits per heavy atom. The van der Waals surface area contributed by atoms with Gasteiger partial charge in [0.05, 0.1) is 11.4 Å². The molecule has 0 bridgehead atoms. The molecule has 1 aliphatic heterocycles. The van der Waals surface area contributed by atoms with Gasteiger partial charge < -0.3 is 5.32 Å². The molecule has 27 heavy (non-hydrogen) atoms. The number of rotatable bonds is 3. The van der Waals surface area contributed by atoms with Crippen LogP contribution in [-0.4, -0.2) is 24.0 Å². The maximum Gasteiger partial charge on any atom is 0.270 e. The first kappa shape index (κ1) is 20.2. The van der Waals surface area contributed by atoms with Gasteiger partial charge in [-0.3, -0.25) is 19.8 Å². The molecular weight excluding hydrogens is 588 g/mol. The van der Waals surface area contributed by atoms with Crippen molar-refractivity contribution >= 4 is 91.8 Å². The number of hydrogen-bond acceptors (Lipinski definition) is 4. The van der Waals surface area contributed by atoms with Crippen molar-refractivity contribution in [3.63, 3.8) is 0 Å². The fraction of sp³-hybridized carbons (Fsp3) is 0.105. The number of carbonyl (C=O) groups is 2. The van der Waals surface area contributed by atoms with Gasteiger partial charge in [-0.2, -0.15) is 0 Å². The van der Waals surface area contributed by atoms with Gasteiger partial charge in [0.25, 0.3) is 11.8 Å². The first-order chi connectivity index (χ1) is 12.8. The van der Waals surface area contributed by atoms with Gasteiger partial charge >= 0.3 is 0 Å². The summed E-state index contributed by atoms with van der Waals surface area (Å²) in [5.74, 6) is -0.925. The predicted molar refractivity (Wildman–Crippen MR) is 129 cm³/mol. The van der Waals surface area contributed by atoms with Crippen LogP contribution in [0.4, 0.5) is 11.4 Å². The lowest BCUT2D eigenvalue weighted by atomic mass is 10.1. The Bertz CT molecular complexity index is 964. The van der Waals surface area contributed by atoms with Crippen molar-refractivity contribution in [1.29, 1.82) is 0 Å². The lowest BCUT2D eigenvalue weighted by molar-refractivity contribution is -0.122. The van der Waals surface area contributed by atoms with Crippen molar-refractivity contribution < 1.29 is 9.59 Å². The number of nitrogens with one attached hydrogen (secondary N) is 2. The van der Waals surface area contributed by atoms with E-state index in [1.807, 2.05) is 50.4 Å². The molecule has 2 N–H and O–H groups in total. The average molecular weight is 603 g/mol. The van der Waals surface area contributed by atoms with Crippen LogP contribution in [0.25, 0.3) is 6.08 Å². The smallest absolute Gasteiger partial charge is 0.270 e. The third-order valence-electron chi connectivity index (χ3n) is 4.02. The lowest BCUT2D eigenvalue weighted by Crippen LogP contribution is -2.54. The minimum absolute atomic E-state index is 0.0491. The van der Waals surface area contributed by atoms with Gasteiger partial charge in [0.15, 0.2) is 5.11 Å². The van der Waals surface area contributed by atoms with Crippen molar-refractivity contribution in [3.05, 3.63) is 60.2 Å². The summed E-state index contributed by atoms with van der Waals surface area (Å²) in [7, 11) is 1.86. The summed E-state index contributed by atoms with van der Waals surface area (Å²) in [4.78, 5) is 26.8. The summed E-state index contributed by atoms with van der Waals surface area (Å²) in [6.45, 7) is 1.96. The molecule has 3 rings (SSSR count). The standard InChI is InChI=1S/C19H15I2N3O2S/c1-10-3-5-12(6-4-10)24-18(26)13(17(25)23-19(24)27)7-11-8-14(20)16(22-2)15(21)9-11/h3-9,22H,1-2H3,(H,23,25,27)/b13-7+. The zero-order valence-corrected chi connectivity index (χ0v) is 19.6. The second kappa shape index (κ2) is 8.23. The van der Waals surface area contributed by atoms with Crippen LogP contribution in [0.5, 0.6) is 0 Å². The molecule has 0 aliphatic carbocycles. The summed E-state index contributed by atoms with van der Waals surface area (Å²) >= 11 is 9.67. The summed E-state index contributed by atoms with van der Waals surface area (Å²) in [6.07, 6.45) is 1.60.